The van der Waals surface area contributed by atoms with Gasteiger partial charge in [0, 0.05) is 12.8 Å². The Kier molecular flexibility index (Phi) is 16.4. The summed E-state index contributed by atoms with van der Waals surface area (Å²) >= 11 is 0. The van der Waals surface area contributed by atoms with E-state index in [1.165, 1.54) is 0 Å². The summed E-state index contributed by atoms with van der Waals surface area (Å²) in [6, 6.07) is 6.43. The van der Waals surface area contributed by atoms with Crippen LogP contribution in [0.2, 0.25) is 0 Å². The molecule has 1 aromatic rings. The average Bonchev–Trinajstić information content (AvgIpc) is 2.71. The third kappa shape index (κ3) is 18.5. The Bertz CT molecular complexity index is 708. The molecule has 0 fully saturated rings. The highest BCUT2D eigenvalue weighted by molar-refractivity contribution is 5.75. The van der Waals surface area contributed by atoms with E-state index < -0.39 is 48.0 Å². The number of hydrogen-bond acceptors (Lipinski definition) is 8. The molecule has 0 radical (unpaired) electrons. The summed E-state index contributed by atoms with van der Waals surface area (Å²) in [6.07, 6.45) is -0.0631. The van der Waals surface area contributed by atoms with Gasteiger partial charge in [-0.3, -0.25) is 24.0 Å². The van der Waals surface area contributed by atoms with Gasteiger partial charge in [-0.2, -0.15) is 0 Å². The van der Waals surface area contributed by atoms with Crippen molar-refractivity contribution in [2.45, 2.75) is 50.2 Å². The van der Waals surface area contributed by atoms with Crippen LogP contribution < -0.4 is 17.2 Å². The highest BCUT2D eigenvalue weighted by atomic mass is 16.4. The summed E-state index contributed by atoms with van der Waals surface area (Å²) < 4.78 is 0. The third-order valence-electron chi connectivity index (χ3n) is 3.59. The van der Waals surface area contributed by atoms with Crippen molar-refractivity contribution in [3.63, 3.8) is 0 Å². The number of benzene rings is 1. The maximum atomic E-state index is 10.4. The van der Waals surface area contributed by atoms with Crippen LogP contribution in [0, 0.1) is 0 Å². The molecule has 13 nitrogen and oxygen atoms in total. The number of hydrogen-bond donors (Lipinski definition) is 8. The van der Waals surface area contributed by atoms with Crippen molar-refractivity contribution >= 4 is 29.8 Å². The van der Waals surface area contributed by atoms with E-state index in [1.54, 1.807) is 0 Å². The van der Waals surface area contributed by atoms with Gasteiger partial charge in [-0.1, -0.05) is 30.3 Å². The minimum atomic E-state index is -1.17. The lowest BCUT2D eigenvalue weighted by Crippen LogP contribution is -2.32. The number of aliphatic carboxylic acids is 5. The Morgan fingerprint density at radius 2 is 0.969 bits per heavy atom. The standard InChI is InChI=1S/C9H11NO2.2C5H9NO4/c10-8(9(11)12)6-7-4-2-1-3-5-7;2*6-3(5(9)10)1-2-4(7)8/h1-5,8H,6,10H2,(H,11,12);2*3H,1-2,6H2,(H,7,8)(H,9,10)/t8-;2*3-/m000/s1. The second-order valence-corrected chi connectivity index (χ2v) is 6.39. The molecule has 0 spiro atoms. The second-order valence-electron chi connectivity index (χ2n) is 6.39. The second kappa shape index (κ2) is 17.2. The van der Waals surface area contributed by atoms with Gasteiger partial charge in [0.25, 0.3) is 0 Å². The average molecular weight is 459 g/mol. The molecule has 32 heavy (non-hydrogen) atoms. The van der Waals surface area contributed by atoms with Gasteiger partial charge >= 0.3 is 29.8 Å². The summed E-state index contributed by atoms with van der Waals surface area (Å²) in [4.78, 5) is 50.1. The highest BCUT2D eigenvalue weighted by Gasteiger charge is 2.13. The highest BCUT2D eigenvalue weighted by Crippen LogP contribution is 2.01. The smallest absolute Gasteiger partial charge is 0.320 e. The maximum Gasteiger partial charge on any atom is 0.320 e. The zero-order valence-corrected chi connectivity index (χ0v) is 17.2. The first-order valence-electron chi connectivity index (χ1n) is 9.20. The minimum absolute atomic E-state index is 0.0231. The minimum Gasteiger partial charge on any atom is -0.481 e. The van der Waals surface area contributed by atoms with Crippen LogP contribution in [0.1, 0.15) is 31.2 Å². The van der Waals surface area contributed by atoms with Crippen LogP contribution in [0.3, 0.4) is 0 Å². The zero-order chi connectivity index (χ0) is 25.3. The van der Waals surface area contributed by atoms with Crippen LogP contribution in [0.5, 0.6) is 0 Å². The molecule has 0 aliphatic heterocycles. The first-order valence-corrected chi connectivity index (χ1v) is 9.20. The summed E-state index contributed by atoms with van der Waals surface area (Å²) in [5, 5.41) is 41.1. The molecule has 0 aromatic heterocycles. The molecule has 0 aliphatic carbocycles. The van der Waals surface area contributed by atoms with Crippen molar-refractivity contribution in [2.75, 3.05) is 0 Å². The Balaban J connectivity index is 0. The number of carboxylic acid groups (broad SMARTS) is 5. The van der Waals surface area contributed by atoms with Crippen molar-refractivity contribution in [1.82, 2.24) is 0 Å². The SMILES string of the molecule is N[C@@H](CCC(=O)O)C(=O)O.N[C@@H](CCC(=O)O)C(=O)O.N[C@@H](Cc1ccccc1)C(=O)O. The predicted octanol–water partition coefficient (Wildman–Crippen LogP) is -0.833. The molecule has 0 saturated carbocycles. The molecular formula is C19H29N3O10. The van der Waals surface area contributed by atoms with Crippen LogP contribution in [0.25, 0.3) is 0 Å². The van der Waals surface area contributed by atoms with E-state index in [9.17, 15) is 24.0 Å². The lowest BCUT2D eigenvalue weighted by atomic mass is 10.1. The molecule has 11 N–H and O–H groups in total. The molecule has 180 valence electrons. The van der Waals surface area contributed by atoms with Gasteiger partial charge in [-0.15, -0.1) is 0 Å². The van der Waals surface area contributed by atoms with Crippen molar-refractivity contribution in [3.8, 4) is 0 Å². The number of carboxylic acids is 5. The molecule has 1 rings (SSSR count). The maximum absolute atomic E-state index is 10.4. The number of nitrogens with two attached hydrogens (primary N) is 3. The predicted molar refractivity (Wildman–Crippen MR) is 111 cm³/mol. The molecule has 0 heterocycles. The molecule has 0 unspecified atom stereocenters. The Hall–Kier alpha value is -3.55. The van der Waals surface area contributed by atoms with Crippen LogP contribution >= 0.6 is 0 Å². The fraction of sp³-hybridized carbons (Fsp3) is 0.421. The molecule has 3 atom stereocenters. The van der Waals surface area contributed by atoms with Gasteiger partial charge in [-0.05, 0) is 24.8 Å². The Morgan fingerprint density at radius 1 is 0.625 bits per heavy atom. The normalized spacial score (nSPS) is 12.5. The van der Waals surface area contributed by atoms with E-state index >= 15 is 0 Å². The van der Waals surface area contributed by atoms with Gasteiger partial charge in [0.15, 0.2) is 0 Å². The molecule has 1 aromatic carbocycles. The quantitative estimate of drug-likeness (QED) is 0.201. The third-order valence-corrected chi connectivity index (χ3v) is 3.59. The first-order chi connectivity index (χ1) is 14.8. The van der Waals surface area contributed by atoms with Crippen LogP contribution in [0.15, 0.2) is 30.3 Å². The van der Waals surface area contributed by atoms with E-state index in [4.69, 9.17) is 42.7 Å². The van der Waals surface area contributed by atoms with Gasteiger partial charge in [0.05, 0.1) is 0 Å². The Morgan fingerprint density at radius 3 is 1.25 bits per heavy atom. The molecule has 0 aliphatic rings. The molecule has 0 saturated heterocycles. The van der Waals surface area contributed by atoms with Gasteiger partial charge < -0.3 is 42.7 Å². The fourth-order valence-electron chi connectivity index (χ4n) is 1.76. The molecule has 0 bridgehead atoms. The topological polar surface area (TPSA) is 265 Å². The van der Waals surface area contributed by atoms with Crippen molar-refractivity contribution < 1.29 is 49.5 Å². The van der Waals surface area contributed by atoms with E-state index in [-0.39, 0.29) is 25.7 Å². The summed E-state index contributed by atoms with van der Waals surface area (Å²) in [7, 11) is 0. The van der Waals surface area contributed by atoms with E-state index in [2.05, 4.69) is 0 Å². The molecule has 0 amide bonds. The van der Waals surface area contributed by atoms with Gasteiger partial charge in [0.1, 0.15) is 18.1 Å². The van der Waals surface area contributed by atoms with Crippen LogP contribution in [-0.2, 0) is 30.4 Å². The van der Waals surface area contributed by atoms with E-state index in [0.29, 0.717) is 6.42 Å². The largest absolute Gasteiger partial charge is 0.481 e. The Labute approximate surface area is 183 Å². The lowest BCUT2D eigenvalue weighted by molar-refractivity contribution is -0.141. The number of rotatable bonds is 11. The van der Waals surface area contributed by atoms with Crippen molar-refractivity contribution in [1.29, 1.82) is 0 Å². The zero-order valence-electron chi connectivity index (χ0n) is 17.2. The van der Waals surface area contributed by atoms with Crippen LogP contribution in [0.4, 0.5) is 0 Å². The van der Waals surface area contributed by atoms with E-state index in [1.807, 2.05) is 30.3 Å². The van der Waals surface area contributed by atoms with Gasteiger partial charge in [0.2, 0.25) is 0 Å². The monoisotopic (exact) mass is 459 g/mol. The van der Waals surface area contributed by atoms with Crippen molar-refractivity contribution in [2.24, 2.45) is 17.2 Å². The van der Waals surface area contributed by atoms with E-state index in [0.717, 1.165) is 5.56 Å². The lowest BCUT2D eigenvalue weighted by Gasteiger charge is -2.04. The van der Waals surface area contributed by atoms with Crippen LogP contribution in [-0.4, -0.2) is 73.5 Å². The fourth-order valence-corrected chi connectivity index (χ4v) is 1.76. The van der Waals surface area contributed by atoms with Gasteiger partial charge in [-0.25, -0.2) is 0 Å². The summed E-state index contributed by atoms with van der Waals surface area (Å²) in [5.74, 6) is -5.35. The molecular weight excluding hydrogens is 430 g/mol. The molecule has 13 heteroatoms. The summed E-state index contributed by atoms with van der Waals surface area (Å²) in [5.41, 5.74) is 16.3. The first kappa shape index (κ1) is 30.6. The van der Waals surface area contributed by atoms with Crippen molar-refractivity contribution in [3.05, 3.63) is 35.9 Å². The number of carbonyl (C=O) groups is 5. The summed E-state index contributed by atoms with van der Waals surface area (Å²) in [6.45, 7) is 0.